The summed E-state index contributed by atoms with van der Waals surface area (Å²) >= 11 is 0. The van der Waals surface area contributed by atoms with E-state index in [4.69, 9.17) is 10.7 Å². The fourth-order valence-electron chi connectivity index (χ4n) is 2.05. The Bertz CT molecular complexity index is 577. The lowest BCUT2D eigenvalue weighted by Crippen LogP contribution is -2.47. The van der Waals surface area contributed by atoms with Crippen LogP contribution in [0.15, 0.2) is 30.3 Å². The van der Waals surface area contributed by atoms with Gasteiger partial charge in [0.2, 0.25) is 0 Å². The topological polar surface area (TPSA) is 50.9 Å². The molecule has 2 aromatic rings. The minimum atomic E-state index is -0.139. The number of rotatable bonds is 4. The van der Waals surface area contributed by atoms with Gasteiger partial charge in [-0.3, -0.25) is 0 Å². The molecule has 0 radical (unpaired) electrons. The van der Waals surface area contributed by atoms with Gasteiger partial charge in [0.25, 0.3) is 0 Å². The standard InChI is InChI=1S/C16H23N3/c1-11(2)16(4,10-17)19-15-12(3)9-13-7-5-6-8-14(13)18-15/h5-9,11H,10,17H2,1-4H3,(H,18,19). The molecular weight excluding hydrogens is 234 g/mol. The molecule has 3 N–H and O–H groups in total. The lowest BCUT2D eigenvalue weighted by molar-refractivity contribution is 0.381. The predicted octanol–water partition coefficient (Wildman–Crippen LogP) is 3.33. The summed E-state index contributed by atoms with van der Waals surface area (Å²) in [5, 5.41) is 4.70. The van der Waals surface area contributed by atoms with E-state index in [9.17, 15) is 0 Å². The highest BCUT2D eigenvalue weighted by atomic mass is 15.1. The van der Waals surface area contributed by atoms with Crippen molar-refractivity contribution >= 4 is 16.7 Å². The van der Waals surface area contributed by atoms with E-state index in [0.717, 1.165) is 16.9 Å². The molecule has 0 saturated heterocycles. The number of hydrogen-bond acceptors (Lipinski definition) is 3. The van der Waals surface area contributed by atoms with Gasteiger partial charge in [0.15, 0.2) is 0 Å². The molecule has 2 rings (SSSR count). The van der Waals surface area contributed by atoms with E-state index in [-0.39, 0.29) is 5.54 Å². The molecule has 1 aromatic heterocycles. The Morgan fingerprint density at radius 3 is 2.63 bits per heavy atom. The minimum Gasteiger partial charge on any atom is -0.363 e. The van der Waals surface area contributed by atoms with Gasteiger partial charge in [0.05, 0.1) is 11.1 Å². The van der Waals surface area contributed by atoms with Crippen LogP contribution in [0.25, 0.3) is 10.9 Å². The van der Waals surface area contributed by atoms with E-state index in [1.165, 1.54) is 5.39 Å². The van der Waals surface area contributed by atoms with Crippen LogP contribution >= 0.6 is 0 Å². The third-order valence-corrected chi connectivity index (χ3v) is 4.02. The van der Waals surface area contributed by atoms with Crippen molar-refractivity contribution in [1.82, 2.24) is 4.98 Å². The van der Waals surface area contributed by atoms with Crippen LogP contribution in [0.1, 0.15) is 26.3 Å². The SMILES string of the molecule is Cc1cc2ccccc2nc1NC(C)(CN)C(C)C. The van der Waals surface area contributed by atoms with Gasteiger partial charge >= 0.3 is 0 Å². The Balaban J connectivity index is 2.42. The molecule has 0 fully saturated rings. The highest BCUT2D eigenvalue weighted by Gasteiger charge is 2.27. The number of nitrogens with two attached hydrogens (primary N) is 1. The van der Waals surface area contributed by atoms with Crippen molar-refractivity contribution in [2.75, 3.05) is 11.9 Å². The normalized spacial score (nSPS) is 14.6. The summed E-state index contributed by atoms with van der Waals surface area (Å²) in [5.41, 5.74) is 7.95. The fourth-order valence-corrected chi connectivity index (χ4v) is 2.05. The molecule has 0 aliphatic heterocycles. The van der Waals surface area contributed by atoms with Gasteiger partial charge in [0, 0.05) is 11.9 Å². The first-order valence-electron chi connectivity index (χ1n) is 6.81. The number of aromatic nitrogens is 1. The zero-order valence-electron chi connectivity index (χ0n) is 12.2. The Labute approximate surface area is 115 Å². The van der Waals surface area contributed by atoms with Gasteiger partial charge in [-0.15, -0.1) is 0 Å². The zero-order valence-corrected chi connectivity index (χ0v) is 12.2. The first-order chi connectivity index (χ1) is 8.96. The maximum Gasteiger partial charge on any atom is 0.130 e. The Kier molecular flexibility index (Phi) is 3.76. The van der Waals surface area contributed by atoms with Crippen LogP contribution in [0.5, 0.6) is 0 Å². The third-order valence-electron chi connectivity index (χ3n) is 4.02. The molecule has 102 valence electrons. The van der Waals surface area contributed by atoms with Gasteiger partial charge in [-0.05, 0) is 37.5 Å². The quantitative estimate of drug-likeness (QED) is 0.883. The number of hydrogen-bond donors (Lipinski definition) is 2. The molecule has 3 heteroatoms. The average molecular weight is 257 g/mol. The van der Waals surface area contributed by atoms with Crippen LogP contribution in [0.2, 0.25) is 0 Å². The molecule has 1 atom stereocenters. The maximum atomic E-state index is 5.93. The van der Waals surface area contributed by atoms with Crippen LogP contribution in [0, 0.1) is 12.8 Å². The fraction of sp³-hybridized carbons (Fsp3) is 0.438. The molecule has 19 heavy (non-hydrogen) atoms. The van der Waals surface area contributed by atoms with Crippen molar-refractivity contribution in [2.45, 2.75) is 33.2 Å². The first-order valence-corrected chi connectivity index (χ1v) is 6.81. The van der Waals surface area contributed by atoms with E-state index < -0.39 is 0 Å². The summed E-state index contributed by atoms with van der Waals surface area (Å²) in [6, 6.07) is 10.3. The number of fused-ring (bicyclic) bond motifs is 1. The van der Waals surface area contributed by atoms with Crippen molar-refractivity contribution in [3.8, 4) is 0 Å². The van der Waals surface area contributed by atoms with Crippen molar-refractivity contribution in [1.29, 1.82) is 0 Å². The second-order valence-electron chi connectivity index (χ2n) is 5.75. The number of nitrogens with zero attached hydrogens (tertiary/aromatic N) is 1. The molecule has 3 nitrogen and oxygen atoms in total. The van der Waals surface area contributed by atoms with Crippen LogP contribution in [0.4, 0.5) is 5.82 Å². The van der Waals surface area contributed by atoms with Gasteiger partial charge in [-0.25, -0.2) is 4.98 Å². The van der Waals surface area contributed by atoms with Gasteiger partial charge in [-0.1, -0.05) is 32.0 Å². The number of nitrogens with one attached hydrogen (secondary N) is 1. The largest absolute Gasteiger partial charge is 0.363 e. The number of pyridine rings is 1. The van der Waals surface area contributed by atoms with E-state index in [1.807, 2.05) is 18.2 Å². The van der Waals surface area contributed by atoms with E-state index in [2.05, 4.69) is 45.1 Å². The molecule has 0 spiro atoms. The summed E-state index contributed by atoms with van der Waals surface area (Å²) < 4.78 is 0. The van der Waals surface area contributed by atoms with Crippen molar-refractivity contribution in [2.24, 2.45) is 11.7 Å². The second-order valence-corrected chi connectivity index (χ2v) is 5.75. The van der Waals surface area contributed by atoms with Crippen molar-refractivity contribution < 1.29 is 0 Å². The van der Waals surface area contributed by atoms with Crippen molar-refractivity contribution in [3.63, 3.8) is 0 Å². The molecule has 1 aromatic carbocycles. The molecule has 0 amide bonds. The zero-order chi connectivity index (χ0) is 14.0. The lowest BCUT2D eigenvalue weighted by Gasteiger charge is -2.34. The Morgan fingerprint density at radius 2 is 2.00 bits per heavy atom. The van der Waals surface area contributed by atoms with E-state index >= 15 is 0 Å². The Hall–Kier alpha value is -1.61. The molecule has 1 unspecified atom stereocenters. The average Bonchev–Trinajstić information content (AvgIpc) is 2.39. The van der Waals surface area contributed by atoms with Crippen LogP contribution in [0.3, 0.4) is 0 Å². The monoisotopic (exact) mass is 257 g/mol. The molecule has 0 aliphatic rings. The highest BCUT2D eigenvalue weighted by molar-refractivity contribution is 5.81. The van der Waals surface area contributed by atoms with Crippen molar-refractivity contribution in [3.05, 3.63) is 35.9 Å². The van der Waals surface area contributed by atoms with Gasteiger partial charge < -0.3 is 11.1 Å². The number of aryl methyl sites for hydroxylation is 1. The lowest BCUT2D eigenvalue weighted by atomic mass is 9.88. The van der Waals surface area contributed by atoms with E-state index in [1.54, 1.807) is 0 Å². The molecule has 0 aliphatic carbocycles. The number of benzene rings is 1. The maximum absolute atomic E-state index is 5.93. The summed E-state index contributed by atoms with van der Waals surface area (Å²) in [5.74, 6) is 1.37. The van der Waals surface area contributed by atoms with Crippen LogP contribution in [-0.2, 0) is 0 Å². The molecule has 1 heterocycles. The van der Waals surface area contributed by atoms with Crippen LogP contribution < -0.4 is 11.1 Å². The highest BCUT2D eigenvalue weighted by Crippen LogP contribution is 2.25. The number of para-hydroxylation sites is 1. The smallest absolute Gasteiger partial charge is 0.130 e. The predicted molar refractivity (Wildman–Crippen MR) is 82.4 cm³/mol. The van der Waals surface area contributed by atoms with Crippen LogP contribution in [-0.4, -0.2) is 17.1 Å². The van der Waals surface area contributed by atoms with Gasteiger partial charge in [0.1, 0.15) is 5.82 Å². The van der Waals surface area contributed by atoms with Gasteiger partial charge in [-0.2, -0.15) is 0 Å². The summed E-state index contributed by atoms with van der Waals surface area (Å²) in [7, 11) is 0. The Morgan fingerprint density at radius 1 is 1.32 bits per heavy atom. The third kappa shape index (κ3) is 2.71. The summed E-state index contributed by atoms with van der Waals surface area (Å²) in [6.45, 7) is 9.16. The minimum absolute atomic E-state index is 0.139. The molecule has 0 saturated carbocycles. The second kappa shape index (κ2) is 5.17. The first kappa shape index (κ1) is 13.8. The molecule has 0 bridgehead atoms. The number of anilines is 1. The summed E-state index contributed by atoms with van der Waals surface area (Å²) in [4.78, 5) is 4.72. The summed E-state index contributed by atoms with van der Waals surface area (Å²) in [6.07, 6.45) is 0. The van der Waals surface area contributed by atoms with E-state index in [0.29, 0.717) is 12.5 Å². The molecular formula is C16H23N3.